The lowest BCUT2D eigenvalue weighted by Crippen LogP contribution is -2.29. The number of carbonyl (C=O) groups excluding carboxylic acids is 2. The van der Waals surface area contributed by atoms with Gasteiger partial charge in [0.25, 0.3) is 5.91 Å². The first kappa shape index (κ1) is 16.4. The zero-order valence-electron chi connectivity index (χ0n) is 12.6. The molecule has 1 saturated heterocycles. The van der Waals surface area contributed by atoms with Gasteiger partial charge in [-0.3, -0.25) is 14.7 Å². The van der Waals surface area contributed by atoms with Crippen LogP contribution in [0.2, 0.25) is 0 Å². The number of methoxy groups -OCH3 is 1. The van der Waals surface area contributed by atoms with Crippen molar-refractivity contribution in [3.63, 3.8) is 0 Å². The summed E-state index contributed by atoms with van der Waals surface area (Å²) in [5.74, 6) is -0.791. The van der Waals surface area contributed by atoms with Gasteiger partial charge in [0.05, 0.1) is 23.3 Å². The highest BCUT2D eigenvalue weighted by Crippen LogP contribution is 2.37. The molecule has 1 fully saturated rings. The Morgan fingerprint density at radius 3 is 2.79 bits per heavy atom. The Morgan fingerprint density at radius 1 is 1.29 bits per heavy atom. The fourth-order valence-corrected chi connectivity index (χ4v) is 3.52. The summed E-state index contributed by atoms with van der Waals surface area (Å²) < 4.78 is 5.15. The van der Waals surface area contributed by atoms with Crippen LogP contribution in [-0.2, 0) is 9.53 Å². The lowest BCUT2D eigenvalue weighted by Gasteiger charge is -2.17. The van der Waals surface area contributed by atoms with Crippen molar-refractivity contribution in [2.75, 3.05) is 12.0 Å². The molecule has 120 valence electrons. The van der Waals surface area contributed by atoms with Gasteiger partial charge in [0, 0.05) is 12.4 Å². The van der Waals surface area contributed by atoms with Gasteiger partial charge < -0.3 is 4.74 Å². The van der Waals surface area contributed by atoms with Crippen molar-refractivity contribution >= 4 is 51.9 Å². The number of nitrogens with zero attached hydrogens (tertiary/aromatic N) is 2. The molecule has 1 aromatic heterocycles. The maximum Gasteiger partial charge on any atom is 0.339 e. The summed E-state index contributed by atoms with van der Waals surface area (Å²) in [7, 11) is 1.30. The molecule has 2 heterocycles. The van der Waals surface area contributed by atoms with E-state index in [0.717, 1.165) is 5.56 Å². The normalized spacial score (nSPS) is 15.9. The zero-order chi connectivity index (χ0) is 17.1. The Morgan fingerprint density at radius 2 is 2.08 bits per heavy atom. The van der Waals surface area contributed by atoms with Crippen LogP contribution in [0.4, 0.5) is 5.69 Å². The fraction of sp³-hybridized carbons (Fsp3) is 0.0588. The topological polar surface area (TPSA) is 59.5 Å². The Hall–Kier alpha value is -2.51. The van der Waals surface area contributed by atoms with E-state index in [0.29, 0.717) is 20.5 Å². The predicted molar refractivity (Wildman–Crippen MR) is 97.7 cm³/mol. The van der Waals surface area contributed by atoms with Crippen LogP contribution in [0, 0.1) is 0 Å². The van der Waals surface area contributed by atoms with Crippen LogP contribution < -0.4 is 4.90 Å². The highest BCUT2D eigenvalue weighted by atomic mass is 32.2. The van der Waals surface area contributed by atoms with Gasteiger partial charge in [-0.25, -0.2) is 4.79 Å². The van der Waals surface area contributed by atoms with Crippen molar-refractivity contribution < 1.29 is 14.3 Å². The molecule has 0 aliphatic carbocycles. The first-order valence-corrected chi connectivity index (χ1v) is 8.19. The molecule has 24 heavy (non-hydrogen) atoms. The number of aromatic nitrogens is 1. The molecule has 0 N–H and O–H groups in total. The van der Waals surface area contributed by atoms with E-state index in [1.165, 1.54) is 23.8 Å². The van der Waals surface area contributed by atoms with Crippen LogP contribution >= 0.6 is 24.0 Å². The molecule has 3 rings (SSSR count). The Labute approximate surface area is 148 Å². The Balaban J connectivity index is 1.99. The van der Waals surface area contributed by atoms with E-state index in [2.05, 4.69) is 4.98 Å². The van der Waals surface area contributed by atoms with Gasteiger partial charge in [-0.15, -0.1) is 0 Å². The molecule has 0 unspecified atom stereocenters. The molecule has 0 radical (unpaired) electrons. The molecule has 1 aromatic carbocycles. The zero-order valence-corrected chi connectivity index (χ0v) is 14.3. The molecule has 0 bridgehead atoms. The molecule has 0 atom stereocenters. The minimum atomic E-state index is -0.518. The maximum atomic E-state index is 12.8. The third-order valence-corrected chi connectivity index (χ3v) is 4.63. The number of ether oxygens (including phenoxy) is 1. The third-order valence-electron chi connectivity index (χ3n) is 3.33. The summed E-state index contributed by atoms with van der Waals surface area (Å²) in [5, 5.41) is 0. The van der Waals surface area contributed by atoms with Crippen molar-refractivity contribution in [2.45, 2.75) is 0 Å². The van der Waals surface area contributed by atoms with Crippen molar-refractivity contribution in [3.8, 4) is 0 Å². The average molecular weight is 356 g/mol. The van der Waals surface area contributed by atoms with Gasteiger partial charge >= 0.3 is 5.97 Å². The van der Waals surface area contributed by atoms with E-state index >= 15 is 0 Å². The van der Waals surface area contributed by atoms with E-state index < -0.39 is 5.97 Å². The lowest BCUT2D eigenvalue weighted by atomic mass is 10.1. The lowest BCUT2D eigenvalue weighted by molar-refractivity contribution is -0.113. The monoisotopic (exact) mass is 356 g/mol. The molecule has 0 saturated carbocycles. The highest BCUT2D eigenvalue weighted by molar-refractivity contribution is 8.27. The first-order valence-electron chi connectivity index (χ1n) is 6.97. The molecule has 1 aliphatic heterocycles. The molecule has 2 aromatic rings. The van der Waals surface area contributed by atoms with Gasteiger partial charge in [0.2, 0.25) is 0 Å². The summed E-state index contributed by atoms with van der Waals surface area (Å²) in [6, 6.07) is 10.4. The van der Waals surface area contributed by atoms with E-state index in [9.17, 15) is 9.59 Å². The van der Waals surface area contributed by atoms with Crippen LogP contribution in [-0.4, -0.2) is 28.3 Å². The quantitative estimate of drug-likeness (QED) is 0.478. The number of carbonyl (C=O) groups is 2. The number of hydrogen-bond donors (Lipinski definition) is 0. The average Bonchev–Trinajstić information content (AvgIpc) is 2.88. The summed E-state index contributed by atoms with van der Waals surface area (Å²) in [4.78, 5) is 30.6. The number of para-hydroxylation sites is 1. The number of rotatable bonds is 3. The second-order valence-corrected chi connectivity index (χ2v) is 6.49. The number of amides is 1. The molecule has 5 nitrogen and oxygen atoms in total. The van der Waals surface area contributed by atoms with Crippen molar-refractivity contribution in [1.29, 1.82) is 0 Å². The van der Waals surface area contributed by atoms with Crippen molar-refractivity contribution in [1.82, 2.24) is 4.98 Å². The van der Waals surface area contributed by atoms with Gasteiger partial charge in [0.1, 0.15) is 0 Å². The first-order chi connectivity index (χ1) is 11.6. The molecular formula is C17H12N2O3S2. The number of pyridine rings is 1. The van der Waals surface area contributed by atoms with Crippen LogP contribution in [0.25, 0.3) is 6.08 Å². The fourth-order valence-electron chi connectivity index (χ4n) is 2.24. The van der Waals surface area contributed by atoms with E-state index in [-0.39, 0.29) is 5.91 Å². The smallest absolute Gasteiger partial charge is 0.339 e. The summed E-state index contributed by atoms with van der Waals surface area (Å²) >= 11 is 6.52. The molecular weight excluding hydrogens is 344 g/mol. The number of hydrogen-bond acceptors (Lipinski definition) is 6. The molecule has 1 amide bonds. The van der Waals surface area contributed by atoms with E-state index in [1.54, 1.807) is 48.8 Å². The molecule has 0 spiro atoms. The summed E-state index contributed by atoms with van der Waals surface area (Å²) in [5.41, 5.74) is 1.51. The number of benzene rings is 1. The largest absolute Gasteiger partial charge is 0.465 e. The van der Waals surface area contributed by atoms with Crippen molar-refractivity contribution in [2.24, 2.45) is 0 Å². The number of thiocarbonyl (C=S) groups is 1. The maximum absolute atomic E-state index is 12.8. The standard InChI is InChI=1S/C17H12N2O3S2/c1-22-16(21)12-6-2-3-7-13(12)19-15(20)14(24-17(19)23)9-11-5-4-8-18-10-11/h2-10H,1H3/b14-9-. The van der Waals surface area contributed by atoms with E-state index in [4.69, 9.17) is 17.0 Å². The Kier molecular flexibility index (Phi) is 4.73. The second kappa shape index (κ2) is 6.94. The minimum absolute atomic E-state index is 0.273. The minimum Gasteiger partial charge on any atom is -0.465 e. The van der Waals surface area contributed by atoms with Gasteiger partial charge in [-0.1, -0.05) is 42.2 Å². The highest BCUT2D eigenvalue weighted by Gasteiger charge is 2.35. The third kappa shape index (κ3) is 3.08. The number of esters is 1. The van der Waals surface area contributed by atoms with Crippen LogP contribution in [0.1, 0.15) is 15.9 Å². The van der Waals surface area contributed by atoms with Gasteiger partial charge in [0.15, 0.2) is 4.32 Å². The number of thioether (sulfide) groups is 1. The molecule has 1 aliphatic rings. The van der Waals surface area contributed by atoms with Gasteiger partial charge in [-0.2, -0.15) is 0 Å². The van der Waals surface area contributed by atoms with Crippen LogP contribution in [0.15, 0.2) is 53.7 Å². The van der Waals surface area contributed by atoms with Crippen LogP contribution in [0.3, 0.4) is 0 Å². The predicted octanol–water partition coefficient (Wildman–Crippen LogP) is 3.27. The summed E-state index contributed by atoms with van der Waals surface area (Å²) in [6.45, 7) is 0. The SMILES string of the molecule is COC(=O)c1ccccc1N1C(=O)/C(=C/c2cccnc2)SC1=S. The van der Waals surface area contributed by atoms with E-state index in [1.807, 2.05) is 6.07 Å². The van der Waals surface area contributed by atoms with Gasteiger partial charge in [-0.05, 0) is 29.8 Å². The second-order valence-electron chi connectivity index (χ2n) is 4.81. The molecule has 7 heteroatoms. The number of anilines is 1. The van der Waals surface area contributed by atoms with Crippen molar-refractivity contribution in [3.05, 3.63) is 64.8 Å². The van der Waals surface area contributed by atoms with Crippen LogP contribution in [0.5, 0.6) is 0 Å². The summed E-state index contributed by atoms with van der Waals surface area (Å²) in [6.07, 6.45) is 5.05. The Bertz CT molecular complexity index is 850.